The summed E-state index contributed by atoms with van der Waals surface area (Å²) in [7, 11) is 1.74. The van der Waals surface area contributed by atoms with Gasteiger partial charge in [0.2, 0.25) is 0 Å². The number of hydrogen-bond acceptors (Lipinski definition) is 6. The van der Waals surface area contributed by atoms with Crippen LogP contribution >= 0.6 is 0 Å². The molecule has 0 radical (unpaired) electrons. The first-order valence-corrected chi connectivity index (χ1v) is 11.4. The van der Waals surface area contributed by atoms with Gasteiger partial charge in [0.25, 0.3) is 0 Å². The van der Waals surface area contributed by atoms with Crippen molar-refractivity contribution in [2.75, 3.05) is 57.8 Å². The lowest BCUT2D eigenvalue weighted by atomic mass is 9.94. The summed E-state index contributed by atoms with van der Waals surface area (Å²) < 4.78 is 5.26. The minimum Gasteiger partial charge on any atom is -0.380 e. The molecule has 2 fully saturated rings. The summed E-state index contributed by atoms with van der Waals surface area (Å²) in [6.45, 7) is 13.7. The molecule has 1 aromatic carbocycles. The number of hydrogen-bond donors (Lipinski definition) is 0. The number of piperazine rings is 1. The molecular formula is C24H39N3O3. The predicted octanol–water partition coefficient (Wildman–Crippen LogP) is 3.56. The van der Waals surface area contributed by atoms with E-state index in [9.17, 15) is 4.79 Å². The fraction of sp³-hybridized carbons (Fsp3) is 0.708. The molecule has 0 spiro atoms. The number of hydroxylamine groups is 2. The quantitative estimate of drug-likeness (QED) is 0.676. The van der Waals surface area contributed by atoms with Gasteiger partial charge in [-0.15, -0.1) is 5.06 Å². The SMILES string of the molecule is COCc1cccc(N2CCN(CCC3CCN(OC(=O)C(C)(C)C)CC3)CC2)c1. The Hall–Kier alpha value is -1.63. The highest BCUT2D eigenvalue weighted by Gasteiger charge is 2.28. The van der Waals surface area contributed by atoms with Crippen molar-refractivity contribution >= 4 is 11.7 Å². The second kappa shape index (κ2) is 10.6. The van der Waals surface area contributed by atoms with Crippen molar-refractivity contribution in [2.24, 2.45) is 11.3 Å². The van der Waals surface area contributed by atoms with Crippen LogP contribution in [0.5, 0.6) is 0 Å². The van der Waals surface area contributed by atoms with Crippen LogP contribution in [0, 0.1) is 11.3 Å². The number of rotatable bonds is 7. The molecule has 2 aliphatic rings. The van der Waals surface area contributed by atoms with Gasteiger partial charge in [-0.05, 0) is 70.2 Å². The lowest BCUT2D eigenvalue weighted by Gasteiger charge is -2.37. The number of carbonyl (C=O) groups is 1. The van der Waals surface area contributed by atoms with Gasteiger partial charge in [0.1, 0.15) is 0 Å². The molecule has 0 bridgehead atoms. The molecule has 30 heavy (non-hydrogen) atoms. The van der Waals surface area contributed by atoms with Crippen molar-refractivity contribution < 1.29 is 14.4 Å². The molecule has 2 aliphatic heterocycles. The number of piperidine rings is 1. The minimum atomic E-state index is -0.440. The smallest absolute Gasteiger partial charge is 0.330 e. The molecule has 0 N–H and O–H groups in total. The van der Waals surface area contributed by atoms with E-state index in [0.29, 0.717) is 6.61 Å². The van der Waals surface area contributed by atoms with Crippen molar-refractivity contribution in [3.63, 3.8) is 0 Å². The lowest BCUT2D eigenvalue weighted by molar-refractivity contribution is -0.206. The highest BCUT2D eigenvalue weighted by molar-refractivity contribution is 5.75. The molecule has 0 aliphatic carbocycles. The van der Waals surface area contributed by atoms with Gasteiger partial charge >= 0.3 is 5.97 Å². The third kappa shape index (κ3) is 6.69. The summed E-state index contributed by atoms with van der Waals surface area (Å²) in [6, 6.07) is 8.70. The van der Waals surface area contributed by atoms with Crippen LogP contribution in [-0.2, 0) is 21.0 Å². The Morgan fingerprint density at radius 1 is 1.07 bits per heavy atom. The molecule has 2 heterocycles. The van der Waals surface area contributed by atoms with E-state index < -0.39 is 5.41 Å². The van der Waals surface area contributed by atoms with Crippen molar-refractivity contribution in [2.45, 2.75) is 46.6 Å². The molecule has 0 unspecified atom stereocenters. The number of benzene rings is 1. The van der Waals surface area contributed by atoms with E-state index in [2.05, 4.69) is 34.1 Å². The second-order valence-electron chi connectivity index (χ2n) is 9.72. The van der Waals surface area contributed by atoms with Crippen LogP contribution in [0.15, 0.2) is 24.3 Å². The summed E-state index contributed by atoms with van der Waals surface area (Å²) in [6.07, 6.45) is 3.47. The summed E-state index contributed by atoms with van der Waals surface area (Å²) in [5, 5.41) is 1.86. The number of carbonyl (C=O) groups excluding carboxylic acids is 1. The number of anilines is 1. The predicted molar refractivity (Wildman–Crippen MR) is 120 cm³/mol. The normalized spacial score (nSPS) is 19.8. The van der Waals surface area contributed by atoms with Crippen LogP contribution in [-0.4, -0.2) is 68.9 Å². The Kier molecular flexibility index (Phi) is 8.14. The molecule has 0 amide bonds. The topological polar surface area (TPSA) is 45.2 Å². The largest absolute Gasteiger partial charge is 0.380 e. The van der Waals surface area contributed by atoms with Gasteiger partial charge in [-0.25, -0.2) is 4.79 Å². The zero-order valence-electron chi connectivity index (χ0n) is 19.2. The minimum absolute atomic E-state index is 0.133. The van der Waals surface area contributed by atoms with E-state index in [0.717, 1.165) is 58.0 Å². The van der Waals surface area contributed by atoms with Crippen molar-refractivity contribution in [3.8, 4) is 0 Å². The monoisotopic (exact) mass is 417 g/mol. The molecule has 6 nitrogen and oxygen atoms in total. The van der Waals surface area contributed by atoms with Gasteiger partial charge in [-0.3, -0.25) is 4.90 Å². The van der Waals surface area contributed by atoms with Crippen molar-refractivity contribution in [3.05, 3.63) is 29.8 Å². The Bertz CT molecular complexity index is 673. The summed E-state index contributed by atoms with van der Waals surface area (Å²) in [5.74, 6) is 0.602. The Labute approximate surface area is 182 Å². The van der Waals surface area contributed by atoms with E-state index in [1.165, 1.54) is 24.2 Å². The highest BCUT2D eigenvalue weighted by atomic mass is 16.7. The van der Waals surface area contributed by atoms with Gasteiger partial charge in [-0.2, -0.15) is 0 Å². The van der Waals surface area contributed by atoms with Crippen molar-refractivity contribution in [1.82, 2.24) is 9.96 Å². The first-order chi connectivity index (χ1) is 14.3. The maximum absolute atomic E-state index is 12.0. The van der Waals surface area contributed by atoms with Crippen LogP contribution < -0.4 is 4.90 Å². The standard InChI is InChI=1S/C24H39N3O3/c1-24(2,3)23(28)30-27-12-9-20(10-13-27)8-11-25-14-16-26(17-15-25)22-7-5-6-21(18-22)19-29-4/h5-7,18,20H,8-17,19H2,1-4H3. The van der Waals surface area contributed by atoms with Crippen molar-refractivity contribution in [1.29, 1.82) is 0 Å². The molecule has 3 rings (SSSR count). The molecule has 168 valence electrons. The summed E-state index contributed by atoms with van der Waals surface area (Å²) >= 11 is 0. The van der Waals surface area contributed by atoms with E-state index in [1.807, 2.05) is 25.8 Å². The van der Waals surface area contributed by atoms with Gasteiger partial charge < -0.3 is 14.5 Å². The van der Waals surface area contributed by atoms with E-state index in [-0.39, 0.29) is 5.97 Å². The Balaban J connectivity index is 1.35. The summed E-state index contributed by atoms with van der Waals surface area (Å²) in [5.41, 5.74) is 2.10. The van der Waals surface area contributed by atoms with E-state index in [4.69, 9.17) is 9.57 Å². The van der Waals surface area contributed by atoms with Gasteiger partial charge in [0, 0.05) is 52.1 Å². The average Bonchev–Trinajstić information content (AvgIpc) is 2.73. The molecular weight excluding hydrogens is 378 g/mol. The first-order valence-electron chi connectivity index (χ1n) is 11.4. The molecule has 0 aromatic heterocycles. The lowest BCUT2D eigenvalue weighted by Crippen LogP contribution is -2.47. The fourth-order valence-corrected chi connectivity index (χ4v) is 4.15. The van der Waals surface area contributed by atoms with Crippen LogP contribution in [0.1, 0.15) is 45.6 Å². The molecule has 2 saturated heterocycles. The zero-order chi connectivity index (χ0) is 21.6. The van der Waals surface area contributed by atoms with Crippen LogP contribution in [0.4, 0.5) is 5.69 Å². The van der Waals surface area contributed by atoms with Gasteiger partial charge in [0.15, 0.2) is 0 Å². The number of methoxy groups -OCH3 is 1. The number of ether oxygens (including phenoxy) is 1. The van der Waals surface area contributed by atoms with E-state index in [1.54, 1.807) is 7.11 Å². The fourth-order valence-electron chi connectivity index (χ4n) is 4.15. The first kappa shape index (κ1) is 23.0. The van der Waals surface area contributed by atoms with Gasteiger partial charge in [0.05, 0.1) is 12.0 Å². The van der Waals surface area contributed by atoms with E-state index >= 15 is 0 Å². The van der Waals surface area contributed by atoms with Gasteiger partial charge in [-0.1, -0.05) is 12.1 Å². The number of nitrogens with zero attached hydrogens (tertiary/aromatic N) is 3. The molecule has 0 atom stereocenters. The Morgan fingerprint density at radius 3 is 2.40 bits per heavy atom. The summed E-state index contributed by atoms with van der Waals surface area (Å²) in [4.78, 5) is 22.7. The van der Waals surface area contributed by atoms with Crippen LogP contribution in [0.25, 0.3) is 0 Å². The molecule has 0 saturated carbocycles. The van der Waals surface area contributed by atoms with Crippen LogP contribution in [0.2, 0.25) is 0 Å². The molecule has 6 heteroatoms. The maximum Gasteiger partial charge on any atom is 0.330 e. The molecule has 1 aromatic rings. The second-order valence-corrected chi connectivity index (χ2v) is 9.72. The third-order valence-electron chi connectivity index (χ3n) is 6.21. The zero-order valence-corrected chi connectivity index (χ0v) is 19.2. The highest BCUT2D eigenvalue weighted by Crippen LogP contribution is 2.24. The average molecular weight is 418 g/mol. The maximum atomic E-state index is 12.0. The van der Waals surface area contributed by atoms with Crippen LogP contribution in [0.3, 0.4) is 0 Å². The third-order valence-corrected chi connectivity index (χ3v) is 6.21. The Morgan fingerprint density at radius 2 is 1.77 bits per heavy atom.